The van der Waals surface area contributed by atoms with E-state index in [1.54, 1.807) is 16.2 Å². The molecule has 132 valence electrons. The molecular formula is C19H17N3O2S2. The zero-order valence-corrected chi connectivity index (χ0v) is 15.8. The largest absolute Gasteiger partial charge is 0.319 e. The summed E-state index contributed by atoms with van der Waals surface area (Å²) in [5, 5.41) is 7.83. The van der Waals surface area contributed by atoms with Gasteiger partial charge in [-0.05, 0) is 36.9 Å². The third-order valence-electron chi connectivity index (χ3n) is 4.29. The van der Waals surface area contributed by atoms with Crippen molar-refractivity contribution in [3.63, 3.8) is 0 Å². The van der Waals surface area contributed by atoms with Gasteiger partial charge in [-0.15, -0.1) is 11.3 Å². The fourth-order valence-corrected chi connectivity index (χ4v) is 4.69. The molecule has 7 heteroatoms. The molecule has 1 saturated heterocycles. The lowest BCUT2D eigenvalue weighted by atomic mass is 10.2. The molecule has 1 aliphatic heterocycles. The Balaban J connectivity index is 1.61. The maximum absolute atomic E-state index is 12.8. The number of nitrogens with zero attached hydrogens (tertiary/aromatic N) is 2. The Labute approximate surface area is 159 Å². The quantitative estimate of drug-likeness (QED) is 0.718. The minimum atomic E-state index is -0.194. The average molecular weight is 383 g/mol. The van der Waals surface area contributed by atoms with Crippen LogP contribution in [0.2, 0.25) is 0 Å². The van der Waals surface area contributed by atoms with Crippen LogP contribution in [0.4, 0.5) is 11.4 Å². The molecule has 1 fully saturated rings. The van der Waals surface area contributed by atoms with E-state index in [4.69, 9.17) is 0 Å². The maximum atomic E-state index is 12.8. The van der Waals surface area contributed by atoms with Gasteiger partial charge in [-0.25, -0.2) is 4.98 Å². The molecule has 3 heterocycles. The Morgan fingerprint density at radius 1 is 1.27 bits per heavy atom. The lowest BCUT2D eigenvalue weighted by molar-refractivity contribution is -0.117. The number of carbonyl (C=O) groups is 2. The topological polar surface area (TPSA) is 62.3 Å². The number of anilines is 2. The van der Waals surface area contributed by atoms with E-state index in [9.17, 15) is 9.59 Å². The van der Waals surface area contributed by atoms with E-state index in [2.05, 4.69) is 10.3 Å². The molecule has 0 aliphatic carbocycles. The molecule has 0 atom stereocenters. The molecule has 0 saturated carbocycles. The predicted octanol–water partition coefficient (Wildman–Crippen LogP) is 4.56. The average Bonchev–Trinajstić information content (AvgIpc) is 3.36. The molecule has 0 unspecified atom stereocenters. The van der Waals surface area contributed by atoms with Gasteiger partial charge >= 0.3 is 0 Å². The number of aryl methyl sites for hydroxylation is 1. The van der Waals surface area contributed by atoms with E-state index in [0.717, 1.165) is 22.7 Å². The van der Waals surface area contributed by atoms with Gasteiger partial charge < -0.3 is 10.2 Å². The second kappa shape index (κ2) is 7.01. The van der Waals surface area contributed by atoms with Gasteiger partial charge in [0.2, 0.25) is 5.91 Å². The number of rotatable bonds is 4. The Hall–Kier alpha value is -2.51. The standard InChI is InChI=1S/C19H17N3O2S2/c1-12-17(26-19(20-12)13-8-10-25-11-13)18(24)21-14-5-2-3-6-15(14)22-9-4-7-16(22)23/h2-3,5-6,8,10-11H,4,7,9H2,1H3,(H,21,24). The van der Waals surface area contributed by atoms with Crippen LogP contribution in [-0.4, -0.2) is 23.3 Å². The van der Waals surface area contributed by atoms with Gasteiger partial charge in [0.15, 0.2) is 0 Å². The van der Waals surface area contributed by atoms with Gasteiger partial charge in [-0.1, -0.05) is 12.1 Å². The third-order valence-corrected chi connectivity index (χ3v) is 6.18. The minimum Gasteiger partial charge on any atom is -0.319 e. The summed E-state index contributed by atoms with van der Waals surface area (Å²) >= 11 is 2.99. The molecule has 1 N–H and O–H groups in total. The first kappa shape index (κ1) is 16.9. The summed E-state index contributed by atoms with van der Waals surface area (Å²) in [5.74, 6) is -0.0963. The zero-order valence-electron chi connectivity index (χ0n) is 14.2. The highest BCUT2D eigenvalue weighted by atomic mass is 32.1. The Bertz CT molecular complexity index is 963. The van der Waals surface area contributed by atoms with Crippen molar-refractivity contribution in [2.45, 2.75) is 19.8 Å². The van der Waals surface area contributed by atoms with Crippen molar-refractivity contribution in [3.8, 4) is 10.6 Å². The molecule has 1 aliphatic rings. The summed E-state index contributed by atoms with van der Waals surface area (Å²) < 4.78 is 0. The van der Waals surface area contributed by atoms with Crippen molar-refractivity contribution >= 4 is 45.9 Å². The van der Waals surface area contributed by atoms with Crippen molar-refractivity contribution in [2.24, 2.45) is 0 Å². The number of hydrogen-bond donors (Lipinski definition) is 1. The van der Waals surface area contributed by atoms with Crippen molar-refractivity contribution in [3.05, 3.63) is 51.7 Å². The lowest BCUT2D eigenvalue weighted by Gasteiger charge is -2.19. The van der Waals surface area contributed by atoms with Crippen LogP contribution < -0.4 is 10.2 Å². The number of thiazole rings is 1. The summed E-state index contributed by atoms with van der Waals surface area (Å²) in [6.45, 7) is 2.53. The molecule has 26 heavy (non-hydrogen) atoms. The summed E-state index contributed by atoms with van der Waals surface area (Å²) in [6, 6.07) is 9.43. The van der Waals surface area contributed by atoms with E-state index < -0.39 is 0 Å². The molecule has 3 aromatic rings. The normalized spacial score (nSPS) is 14.0. The van der Waals surface area contributed by atoms with E-state index in [1.165, 1.54) is 11.3 Å². The number of para-hydroxylation sites is 2. The summed E-state index contributed by atoms with van der Waals surface area (Å²) in [7, 11) is 0. The summed E-state index contributed by atoms with van der Waals surface area (Å²) in [6.07, 6.45) is 1.40. The molecule has 5 nitrogen and oxygen atoms in total. The molecule has 4 rings (SSSR count). The molecular weight excluding hydrogens is 366 g/mol. The van der Waals surface area contributed by atoms with Crippen LogP contribution in [0.25, 0.3) is 10.6 Å². The van der Waals surface area contributed by atoms with Crippen LogP contribution >= 0.6 is 22.7 Å². The zero-order chi connectivity index (χ0) is 18.1. The Morgan fingerprint density at radius 2 is 2.12 bits per heavy atom. The van der Waals surface area contributed by atoms with Crippen molar-refractivity contribution in [1.82, 2.24) is 4.98 Å². The smallest absolute Gasteiger partial charge is 0.267 e. The van der Waals surface area contributed by atoms with Gasteiger partial charge in [0.05, 0.1) is 17.1 Å². The monoisotopic (exact) mass is 383 g/mol. The number of nitrogens with one attached hydrogen (secondary N) is 1. The minimum absolute atomic E-state index is 0.0976. The second-order valence-electron chi connectivity index (χ2n) is 6.07. The highest BCUT2D eigenvalue weighted by Gasteiger charge is 2.25. The molecule has 0 bridgehead atoms. The first-order valence-corrected chi connectivity index (χ1v) is 10.1. The van der Waals surface area contributed by atoms with Crippen LogP contribution in [0, 0.1) is 6.92 Å². The van der Waals surface area contributed by atoms with E-state index in [1.807, 2.05) is 48.0 Å². The lowest BCUT2D eigenvalue weighted by Crippen LogP contribution is -2.25. The molecule has 1 aromatic carbocycles. The fraction of sp³-hybridized carbons (Fsp3) is 0.211. The van der Waals surface area contributed by atoms with Crippen LogP contribution in [0.3, 0.4) is 0 Å². The van der Waals surface area contributed by atoms with E-state index in [-0.39, 0.29) is 11.8 Å². The number of aromatic nitrogens is 1. The highest BCUT2D eigenvalue weighted by Crippen LogP contribution is 2.32. The van der Waals surface area contributed by atoms with Crippen LogP contribution in [0.1, 0.15) is 28.2 Å². The van der Waals surface area contributed by atoms with Crippen molar-refractivity contribution < 1.29 is 9.59 Å². The molecule has 0 radical (unpaired) electrons. The Morgan fingerprint density at radius 3 is 2.85 bits per heavy atom. The second-order valence-corrected chi connectivity index (χ2v) is 7.84. The predicted molar refractivity (Wildman–Crippen MR) is 106 cm³/mol. The van der Waals surface area contributed by atoms with Crippen LogP contribution in [0.5, 0.6) is 0 Å². The van der Waals surface area contributed by atoms with E-state index in [0.29, 0.717) is 29.2 Å². The van der Waals surface area contributed by atoms with Gasteiger partial charge in [-0.2, -0.15) is 11.3 Å². The SMILES string of the molecule is Cc1nc(-c2ccsc2)sc1C(=O)Nc1ccccc1N1CCCC1=O. The third kappa shape index (κ3) is 3.15. The summed E-state index contributed by atoms with van der Waals surface area (Å²) in [5.41, 5.74) is 3.15. The number of thiophene rings is 1. The van der Waals surface area contributed by atoms with Crippen LogP contribution in [0.15, 0.2) is 41.1 Å². The van der Waals surface area contributed by atoms with Crippen molar-refractivity contribution in [1.29, 1.82) is 0 Å². The number of hydrogen-bond acceptors (Lipinski definition) is 5. The van der Waals surface area contributed by atoms with Gasteiger partial charge in [0.25, 0.3) is 5.91 Å². The first-order valence-electron chi connectivity index (χ1n) is 8.34. The molecule has 2 amide bonds. The van der Waals surface area contributed by atoms with E-state index >= 15 is 0 Å². The van der Waals surface area contributed by atoms with Gasteiger partial charge in [0, 0.05) is 23.9 Å². The molecule has 2 aromatic heterocycles. The van der Waals surface area contributed by atoms with Gasteiger partial charge in [-0.3, -0.25) is 9.59 Å². The fourth-order valence-electron chi connectivity index (χ4n) is 3.01. The maximum Gasteiger partial charge on any atom is 0.267 e. The van der Waals surface area contributed by atoms with Crippen LogP contribution in [-0.2, 0) is 4.79 Å². The number of carbonyl (C=O) groups excluding carboxylic acids is 2. The number of benzene rings is 1. The van der Waals surface area contributed by atoms with Crippen molar-refractivity contribution in [2.75, 3.05) is 16.8 Å². The Kier molecular flexibility index (Phi) is 4.57. The molecule has 0 spiro atoms. The summed E-state index contributed by atoms with van der Waals surface area (Å²) in [4.78, 5) is 31.8. The highest BCUT2D eigenvalue weighted by molar-refractivity contribution is 7.17. The first-order chi connectivity index (χ1) is 12.6. The van der Waals surface area contributed by atoms with Gasteiger partial charge in [0.1, 0.15) is 9.88 Å². The number of amides is 2.